The van der Waals surface area contributed by atoms with Crippen LogP contribution in [-0.4, -0.2) is 44.7 Å². The van der Waals surface area contributed by atoms with Crippen molar-refractivity contribution in [2.45, 2.75) is 6.54 Å². The normalized spacial score (nSPS) is 10.8. The maximum absolute atomic E-state index is 11.6. The predicted octanol–water partition coefficient (Wildman–Crippen LogP) is 2.19. The second-order valence-electron chi connectivity index (χ2n) is 4.25. The van der Waals surface area contributed by atoms with Crippen molar-refractivity contribution in [3.63, 3.8) is 0 Å². The number of nitrogens with one attached hydrogen (secondary N) is 1. The van der Waals surface area contributed by atoms with Crippen molar-refractivity contribution in [3.05, 3.63) is 33.8 Å². The van der Waals surface area contributed by atoms with E-state index in [2.05, 4.69) is 5.32 Å². The summed E-state index contributed by atoms with van der Waals surface area (Å²) in [5.41, 5.74) is 0.943. The Morgan fingerprint density at radius 1 is 1.42 bits per heavy atom. The third kappa shape index (κ3) is 6.25. The number of methoxy groups -OCH3 is 1. The number of nitrogens with zero attached hydrogens (tertiary/aromatic N) is 1. The molecule has 0 bridgehead atoms. The molecule has 0 heterocycles. The van der Waals surface area contributed by atoms with Crippen LogP contribution in [0.15, 0.2) is 18.2 Å². The Labute approximate surface area is 123 Å². The minimum atomic E-state index is -0.0374. The quantitative estimate of drug-likeness (QED) is 0.785. The zero-order chi connectivity index (χ0) is 14.3. The van der Waals surface area contributed by atoms with Crippen LogP contribution in [0.1, 0.15) is 5.56 Å². The van der Waals surface area contributed by atoms with Crippen molar-refractivity contribution in [1.29, 1.82) is 0 Å². The van der Waals surface area contributed by atoms with Crippen LogP contribution in [0.3, 0.4) is 0 Å². The summed E-state index contributed by atoms with van der Waals surface area (Å²) in [5.74, 6) is -0.0374. The summed E-state index contributed by atoms with van der Waals surface area (Å²) in [5, 5.41) is 3.98. The van der Waals surface area contributed by atoms with E-state index in [1.165, 1.54) is 0 Å². The summed E-state index contributed by atoms with van der Waals surface area (Å²) < 4.78 is 4.86. The van der Waals surface area contributed by atoms with E-state index >= 15 is 0 Å². The van der Waals surface area contributed by atoms with E-state index in [4.69, 9.17) is 27.9 Å². The van der Waals surface area contributed by atoms with Crippen LogP contribution >= 0.6 is 23.2 Å². The molecule has 0 spiro atoms. The molecule has 1 rings (SSSR count). The molecule has 0 aliphatic heterocycles. The van der Waals surface area contributed by atoms with Crippen LogP contribution in [-0.2, 0) is 16.1 Å². The van der Waals surface area contributed by atoms with Gasteiger partial charge in [-0.1, -0.05) is 29.3 Å². The van der Waals surface area contributed by atoms with Crippen molar-refractivity contribution in [3.8, 4) is 0 Å². The fourth-order valence-corrected chi connectivity index (χ4v) is 2.06. The van der Waals surface area contributed by atoms with Gasteiger partial charge >= 0.3 is 0 Å². The molecule has 6 heteroatoms. The Kier molecular flexibility index (Phi) is 7.16. The second-order valence-corrected chi connectivity index (χ2v) is 5.09. The van der Waals surface area contributed by atoms with Gasteiger partial charge in [-0.05, 0) is 24.7 Å². The van der Waals surface area contributed by atoms with Crippen molar-refractivity contribution in [2.24, 2.45) is 0 Å². The fourth-order valence-electron chi connectivity index (χ4n) is 1.59. The molecule has 0 saturated carbocycles. The number of hydrogen-bond acceptors (Lipinski definition) is 3. The lowest BCUT2D eigenvalue weighted by atomic mass is 10.2. The zero-order valence-electron chi connectivity index (χ0n) is 11.1. The van der Waals surface area contributed by atoms with Crippen LogP contribution in [0, 0.1) is 0 Å². The number of likely N-dealkylation sites (N-methyl/N-ethyl adjacent to an activating group) is 1. The summed E-state index contributed by atoms with van der Waals surface area (Å²) in [7, 11) is 3.46. The topological polar surface area (TPSA) is 41.6 Å². The smallest absolute Gasteiger partial charge is 0.234 e. The van der Waals surface area contributed by atoms with Crippen molar-refractivity contribution >= 4 is 29.1 Å². The highest BCUT2D eigenvalue weighted by Crippen LogP contribution is 2.21. The number of hydrogen-bond donors (Lipinski definition) is 1. The highest BCUT2D eigenvalue weighted by atomic mass is 35.5. The second kappa shape index (κ2) is 8.38. The van der Waals surface area contributed by atoms with Crippen LogP contribution in [0.25, 0.3) is 0 Å². The van der Waals surface area contributed by atoms with E-state index < -0.39 is 0 Å². The standard InChI is InChI=1S/C13H18Cl2N2O2/c1-17(9-13(18)16-5-6-19-2)8-10-3-4-11(14)7-12(10)15/h3-4,7H,5-6,8-9H2,1-2H3,(H,16,18). The van der Waals surface area contributed by atoms with Gasteiger partial charge in [0.15, 0.2) is 0 Å². The van der Waals surface area contributed by atoms with Gasteiger partial charge in [0, 0.05) is 30.2 Å². The van der Waals surface area contributed by atoms with Gasteiger partial charge in [-0.3, -0.25) is 9.69 Å². The lowest BCUT2D eigenvalue weighted by Crippen LogP contribution is -2.36. The lowest BCUT2D eigenvalue weighted by molar-refractivity contribution is -0.122. The van der Waals surface area contributed by atoms with Crippen LogP contribution in [0.2, 0.25) is 10.0 Å². The van der Waals surface area contributed by atoms with Crippen molar-refractivity contribution in [1.82, 2.24) is 10.2 Å². The number of rotatable bonds is 7. The third-order valence-electron chi connectivity index (χ3n) is 2.50. The van der Waals surface area contributed by atoms with E-state index in [0.29, 0.717) is 36.3 Å². The number of carbonyl (C=O) groups excluding carboxylic acids is 1. The molecule has 1 N–H and O–H groups in total. The van der Waals surface area contributed by atoms with E-state index in [1.54, 1.807) is 19.2 Å². The van der Waals surface area contributed by atoms with Gasteiger partial charge in [-0.25, -0.2) is 0 Å². The van der Waals surface area contributed by atoms with Gasteiger partial charge in [0.1, 0.15) is 0 Å². The van der Waals surface area contributed by atoms with Gasteiger partial charge in [0.2, 0.25) is 5.91 Å². The summed E-state index contributed by atoms with van der Waals surface area (Å²) in [6.07, 6.45) is 0. The molecule has 0 aliphatic rings. The molecule has 0 saturated heterocycles. The lowest BCUT2D eigenvalue weighted by Gasteiger charge is -2.17. The maximum atomic E-state index is 11.6. The van der Waals surface area contributed by atoms with Gasteiger partial charge in [-0.15, -0.1) is 0 Å². The van der Waals surface area contributed by atoms with Gasteiger partial charge in [-0.2, -0.15) is 0 Å². The molecule has 19 heavy (non-hydrogen) atoms. The first-order valence-electron chi connectivity index (χ1n) is 5.91. The molecule has 4 nitrogen and oxygen atoms in total. The van der Waals surface area contributed by atoms with Crippen LogP contribution in [0.5, 0.6) is 0 Å². The van der Waals surface area contributed by atoms with Crippen molar-refractivity contribution < 1.29 is 9.53 Å². The molecular weight excluding hydrogens is 287 g/mol. The fraction of sp³-hybridized carbons (Fsp3) is 0.462. The first kappa shape index (κ1) is 16.2. The van der Waals surface area contributed by atoms with E-state index in [9.17, 15) is 4.79 Å². The molecular formula is C13H18Cl2N2O2. The molecule has 0 unspecified atom stereocenters. The van der Waals surface area contributed by atoms with Gasteiger partial charge in [0.05, 0.1) is 13.2 Å². The molecule has 1 aromatic rings. The Bertz CT molecular complexity index is 427. The minimum absolute atomic E-state index is 0.0374. The Hall–Kier alpha value is -0.810. The monoisotopic (exact) mass is 304 g/mol. The van der Waals surface area contributed by atoms with Gasteiger partial charge < -0.3 is 10.1 Å². The molecule has 0 radical (unpaired) electrons. The van der Waals surface area contributed by atoms with Crippen molar-refractivity contribution in [2.75, 3.05) is 33.9 Å². The van der Waals surface area contributed by atoms with Gasteiger partial charge in [0.25, 0.3) is 0 Å². The first-order chi connectivity index (χ1) is 9.02. The molecule has 0 atom stereocenters. The summed E-state index contributed by atoms with van der Waals surface area (Å²) in [6.45, 7) is 1.93. The molecule has 1 amide bonds. The first-order valence-corrected chi connectivity index (χ1v) is 6.66. The molecule has 0 aliphatic carbocycles. The summed E-state index contributed by atoms with van der Waals surface area (Å²) in [6, 6.07) is 5.35. The average molecular weight is 305 g/mol. The van der Waals surface area contributed by atoms with E-state index in [0.717, 1.165) is 5.56 Å². The Balaban J connectivity index is 2.42. The number of ether oxygens (including phenoxy) is 1. The number of benzene rings is 1. The van der Waals surface area contributed by atoms with E-state index in [-0.39, 0.29) is 5.91 Å². The summed E-state index contributed by atoms with van der Waals surface area (Å²) in [4.78, 5) is 13.5. The molecule has 1 aromatic carbocycles. The maximum Gasteiger partial charge on any atom is 0.234 e. The Morgan fingerprint density at radius 2 is 2.16 bits per heavy atom. The number of amides is 1. The molecule has 0 aromatic heterocycles. The molecule has 0 fully saturated rings. The SMILES string of the molecule is COCCNC(=O)CN(C)Cc1ccc(Cl)cc1Cl. The number of carbonyl (C=O) groups is 1. The predicted molar refractivity (Wildman–Crippen MR) is 77.7 cm³/mol. The largest absolute Gasteiger partial charge is 0.383 e. The average Bonchev–Trinajstić information content (AvgIpc) is 2.33. The summed E-state index contributed by atoms with van der Waals surface area (Å²) >= 11 is 11.9. The van der Waals surface area contributed by atoms with Crippen LogP contribution in [0.4, 0.5) is 0 Å². The minimum Gasteiger partial charge on any atom is -0.383 e. The zero-order valence-corrected chi connectivity index (χ0v) is 12.6. The Morgan fingerprint density at radius 3 is 2.79 bits per heavy atom. The van der Waals surface area contributed by atoms with Crippen LogP contribution < -0.4 is 5.32 Å². The molecule has 106 valence electrons. The highest BCUT2D eigenvalue weighted by molar-refractivity contribution is 6.35. The van der Waals surface area contributed by atoms with E-state index in [1.807, 2.05) is 18.0 Å². The third-order valence-corrected chi connectivity index (χ3v) is 3.08. The number of halogens is 2. The highest BCUT2D eigenvalue weighted by Gasteiger charge is 2.09.